The van der Waals surface area contributed by atoms with E-state index in [0.717, 1.165) is 37.6 Å². The second kappa shape index (κ2) is 4.56. The first kappa shape index (κ1) is 12.2. The van der Waals surface area contributed by atoms with Crippen LogP contribution >= 0.6 is 0 Å². The minimum absolute atomic E-state index is 0.186. The van der Waals surface area contributed by atoms with Gasteiger partial charge in [-0.25, -0.2) is 0 Å². The topological polar surface area (TPSA) is 29.3 Å². The quantitative estimate of drug-likeness (QED) is 0.810. The SMILES string of the molecule is Nc1cc(CN2CCCC2)ccc1C(F)(F)F. The number of nitrogens with two attached hydrogens (primary N) is 1. The maximum Gasteiger partial charge on any atom is 0.418 e. The summed E-state index contributed by atoms with van der Waals surface area (Å²) in [6.45, 7) is 2.71. The first-order valence-corrected chi connectivity index (χ1v) is 5.65. The fraction of sp³-hybridized carbons (Fsp3) is 0.500. The number of halogens is 3. The van der Waals surface area contributed by atoms with Gasteiger partial charge in [-0.05, 0) is 43.6 Å². The van der Waals surface area contributed by atoms with Crippen LogP contribution in [0.4, 0.5) is 18.9 Å². The van der Waals surface area contributed by atoms with Crippen molar-refractivity contribution in [2.45, 2.75) is 25.6 Å². The smallest absolute Gasteiger partial charge is 0.398 e. The van der Waals surface area contributed by atoms with Gasteiger partial charge in [-0.2, -0.15) is 13.2 Å². The Morgan fingerprint density at radius 3 is 2.35 bits per heavy atom. The molecule has 0 saturated carbocycles. The van der Waals surface area contributed by atoms with Crippen LogP contribution < -0.4 is 5.73 Å². The van der Waals surface area contributed by atoms with E-state index in [2.05, 4.69) is 4.90 Å². The lowest BCUT2D eigenvalue weighted by Gasteiger charge is -2.16. The van der Waals surface area contributed by atoms with E-state index in [9.17, 15) is 13.2 Å². The molecule has 1 saturated heterocycles. The van der Waals surface area contributed by atoms with Gasteiger partial charge in [-0.1, -0.05) is 6.07 Å². The minimum atomic E-state index is -4.36. The zero-order chi connectivity index (χ0) is 12.5. The Hall–Kier alpha value is -1.23. The molecule has 1 aromatic rings. The van der Waals surface area contributed by atoms with Gasteiger partial charge in [0.15, 0.2) is 0 Å². The first-order chi connectivity index (χ1) is 7.97. The van der Waals surface area contributed by atoms with E-state index in [1.54, 1.807) is 0 Å². The summed E-state index contributed by atoms with van der Waals surface area (Å²) >= 11 is 0. The summed E-state index contributed by atoms with van der Waals surface area (Å²) in [7, 11) is 0. The Kier molecular flexibility index (Phi) is 3.28. The lowest BCUT2D eigenvalue weighted by Crippen LogP contribution is -2.18. The number of benzene rings is 1. The van der Waals surface area contributed by atoms with Crippen LogP contribution in [0.25, 0.3) is 0 Å². The highest BCUT2D eigenvalue weighted by molar-refractivity contribution is 5.50. The van der Waals surface area contributed by atoms with Gasteiger partial charge >= 0.3 is 6.18 Å². The van der Waals surface area contributed by atoms with Gasteiger partial charge in [0.2, 0.25) is 0 Å². The van der Waals surface area contributed by atoms with Crippen LogP contribution in [-0.4, -0.2) is 18.0 Å². The van der Waals surface area contributed by atoms with Gasteiger partial charge in [0, 0.05) is 12.2 Å². The zero-order valence-corrected chi connectivity index (χ0v) is 9.43. The number of likely N-dealkylation sites (tertiary alicyclic amines) is 1. The maximum atomic E-state index is 12.5. The third kappa shape index (κ3) is 2.91. The molecule has 1 heterocycles. The summed E-state index contributed by atoms with van der Waals surface area (Å²) in [4.78, 5) is 2.22. The third-order valence-corrected chi connectivity index (χ3v) is 3.03. The normalized spacial score (nSPS) is 17.6. The van der Waals surface area contributed by atoms with Crippen molar-refractivity contribution in [2.24, 2.45) is 0 Å². The third-order valence-electron chi connectivity index (χ3n) is 3.03. The minimum Gasteiger partial charge on any atom is -0.398 e. The molecule has 2 N–H and O–H groups in total. The molecule has 0 spiro atoms. The molecule has 0 aromatic heterocycles. The van der Waals surface area contributed by atoms with Crippen molar-refractivity contribution in [3.8, 4) is 0 Å². The fourth-order valence-corrected chi connectivity index (χ4v) is 2.17. The number of nitrogens with zero attached hydrogens (tertiary/aromatic N) is 1. The number of anilines is 1. The highest BCUT2D eigenvalue weighted by Crippen LogP contribution is 2.34. The predicted molar refractivity (Wildman–Crippen MR) is 60.4 cm³/mol. The number of alkyl halides is 3. The van der Waals surface area contributed by atoms with E-state index in [-0.39, 0.29) is 5.69 Å². The van der Waals surface area contributed by atoms with Gasteiger partial charge in [0.25, 0.3) is 0 Å². The first-order valence-electron chi connectivity index (χ1n) is 5.65. The molecule has 0 aliphatic carbocycles. The molecule has 0 bridgehead atoms. The molecule has 0 unspecified atom stereocenters. The molecule has 2 rings (SSSR count). The van der Waals surface area contributed by atoms with Crippen LogP contribution in [0.1, 0.15) is 24.0 Å². The molecular formula is C12H15F3N2. The molecule has 0 atom stereocenters. The van der Waals surface area contributed by atoms with E-state index in [0.29, 0.717) is 6.54 Å². The average molecular weight is 244 g/mol. The van der Waals surface area contributed by atoms with Crippen molar-refractivity contribution in [1.29, 1.82) is 0 Å². The Balaban J connectivity index is 2.13. The molecule has 17 heavy (non-hydrogen) atoms. The van der Waals surface area contributed by atoms with E-state index >= 15 is 0 Å². The largest absolute Gasteiger partial charge is 0.418 e. The molecule has 5 heteroatoms. The molecule has 1 fully saturated rings. The van der Waals surface area contributed by atoms with Crippen LogP contribution in [0.3, 0.4) is 0 Å². The van der Waals surface area contributed by atoms with Crippen molar-refractivity contribution in [1.82, 2.24) is 4.90 Å². The lowest BCUT2D eigenvalue weighted by molar-refractivity contribution is -0.136. The van der Waals surface area contributed by atoms with Gasteiger partial charge in [0.1, 0.15) is 0 Å². The van der Waals surface area contributed by atoms with Crippen molar-refractivity contribution in [3.63, 3.8) is 0 Å². The molecule has 0 radical (unpaired) electrons. The van der Waals surface area contributed by atoms with E-state index in [1.165, 1.54) is 12.1 Å². The van der Waals surface area contributed by atoms with Crippen molar-refractivity contribution in [3.05, 3.63) is 29.3 Å². The number of hydrogen-bond donors (Lipinski definition) is 1. The highest BCUT2D eigenvalue weighted by atomic mass is 19.4. The highest BCUT2D eigenvalue weighted by Gasteiger charge is 2.32. The fourth-order valence-electron chi connectivity index (χ4n) is 2.17. The lowest BCUT2D eigenvalue weighted by atomic mass is 10.1. The van der Waals surface area contributed by atoms with Gasteiger partial charge in [0.05, 0.1) is 5.56 Å². The number of rotatable bonds is 2. The standard InChI is InChI=1S/C12H15F3N2/c13-12(14,15)10-4-3-9(7-11(10)16)8-17-5-1-2-6-17/h3-4,7H,1-2,5-6,8,16H2. The number of hydrogen-bond acceptors (Lipinski definition) is 2. The second-order valence-electron chi connectivity index (χ2n) is 4.40. The summed E-state index contributed by atoms with van der Waals surface area (Å²) in [6, 6.07) is 4.01. The molecule has 1 aromatic carbocycles. The second-order valence-corrected chi connectivity index (χ2v) is 4.40. The van der Waals surface area contributed by atoms with Crippen molar-refractivity contribution >= 4 is 5.69 Å². The molecule has 0 amide bonds. The summed E-state index contributed by atoms with van der Waals surface area (Å²) in [5, 5.41) is 0. The Labute approximate surface area is 98.2 Å². The Morgan fingerprint density at radius 1 is 1.18 bits per heavy atom. The van der Waals surface area contributed by atoms with Crippen LogP contribution in [0, 0.1) is 0 Å². The van der Waals surface area contributed by atoms with Gasteiger partial charge in [-0.15, -0.1) is 0 Å². The van der Waals surface area contributed by atoms with E-state index in [4.69, 9.17) is 5.73 Å². The summed E-state index contributed by atoms with van der Waals surface area (Å²) in [5.74, 6) is 0. The zero-order valence-electron chi connectivity index (χ0n) is 9.43. The molecular weight excluding hydrogens is 229 g/mol. The summed E-state index contributed by atoms with van der Waals surface area (Å²) in [6.07, 6.45) is -2.04. The van der Waals surface area contributed by atoms with Crippen LogP contribution in [0.5, 0.6) is 0 Å². The monoisotopic (exact) mass is 244 g/mol. The molecule has 1 aliphatic rings. The summed E-state index contributed by atoms with van der Waals surface area (Å²) in [5.41, 5.74) is 5.35. The molecule has 94 valence electrons. The van der Waals surface area contributed by atoms with Gasteiger partial charge in [-0.3, -0.25) is 4.90 Å². The number of nitrogen functional groups attached to an aromatic ring is 1. The van der Waals surface area contributed by atoms with Crippen molar-refractivity contribution < 1.29 is 13.2 Å². The van der Waals surface area contributed by atoms with Crippen molar-refractivity contribution in [2.75, 3.05) is 18.8 Å². The summed E-state index contributed by atoms with van der Waals surface area (Å²) < 4.78 is 37.5. The molecule has 2 nitrogen and oxygen atoms in total. The van der Waals surface area contributed by atoms with E-state index < -0.39 is 11.7 Å². The molecule has 1 aliphatic heterocycles. The van der Waals surface area contributed by atoms with Gasteiger partial charge < -0.3 is 5.73 Å². The van der Waals surface area contributed by atoms with Crippen LogP contribution in [0.15, 0.2) is 18.2 Å². The predicted octanol–water partition coefficient (Wildman–Crippen LogP) is 2.88. The Morgan fingerprint density at radius 2 is 1.82 bits per heavy atom. The Bertz CT molecular complexity index is 395. The maximum absolute atomic E-state index is 12.5. The average Bonchev–Trinajstić information content (AvgIpc) is 2.68. The van der Waals surface area contributed by atoms with E-state index in [1.807, 2.05) is 0 Å². The van der Waals surface area contributed by atoms with Crippen LogP contribution in [-0.2, 0) is 12.7 Å². The van der Waals surface area contributed by atoms with Crippen LogP contribution in [0.2, 0.25) is 0 Å².